The van der Waals surface area contributed by atoms with E-state index in [0.29, 0.717) is 0 Å². The average Bonchev–Trinajstić information content (AvgIpc) is 3.14. The van der Waals surface area contributed by atoms with E-state index in [1.54, 1.807) is 0 Å². The Kier molecular flexibility index (Phi) is 3.90. The Morgan fingerprint density at radius 3 is 2.63 bits per heavy atom. The number of hydrogen-bond donors (Lipinski definition) is 1. The summed E-state index contributed by atoms with van der Waals surface area (Å²) < 4.78 is 0. The number of carbonyl (C=O) groups is 1. The normalized spacial score (nSPS) is 17.4. The highest BCUT2D eigenvalue weighted by molar-refractivity contribution is 5.82. The minimum Gasteiger partial charge on any atom is -0.348 e. The standard InChI is InChI=1S/C16H20N2O/c1-10-4-7-14(11(2)8-10)12(3)18-16(19)15(9-17)13-5-6-13/h4,7-8,12-13,15H,5-6H2,1-3H3,(H,18,19). The lowest BCUT2D eigenvalue weighted by Crippen LogP contribution is -2.33. The molecule has 0 saturated heterocycles. The summed E-state index contributed by atoms with van der Waals surface area (Å²) in [5, 5.41) is 12.0. The number of nitrogens with zero attached hydrogens (tertiary/aromatic N) is 1. The lowest BCUT2D eigenvalue weighted by molar-refractivity contribution is -0.124. The van der Waals surface area contributed by atoms with Gasteiger partial charge in [0, 0.05) is 0 Å². The molecule has 1 fully saturated rings. The smallest absolute Gasteiger partial charge is 0.238 e. The van der Waals surface area contributed by atoms with Gasteiger partial charge in [0.15, 0.2) is 0 Å². The van der Waals surface area contributed by atoms with Crippen molar-refractivity contribution in [2.24, 2.45) is 11.8 Å². The molecule has 1 saturated carbocycles. The van der Waals surface area contributed by atoms with Crippen molar-refractivity contribution in [2.75, 3.05) is 0 Å². The zero-order valence-corrected chi connectivity index (χ0v) is 11.7. The number of nitriles is 1. The van der Waals surface area contributed by atoms with Crippen LogP contribution in [0.1, 0.15) is 42.5 Å². The van der Waals surface area contributed by atoms with E-state index < -0.39 is 5.92 Å². The number of aryl methyl sites for hydroxylation is 2. The van der Waals surface area contributed by atoms with Crippen molar-refractivity contribution < 1.29 is 4.79 Å². The average molecular weight is 256 g/mol. The van der Waals surface area contributed by atoms with Crippen molar-refractivity contribution in [1.82, 2.24) is 5.32 Å². The molecular weight excluding hydrogens is 236 g/mol. The van der Waals surface area contributed by atoms with Gasteiger partial charge in [0.25, 0.3) is 0 Å². The van der Waals surface area contributed by atoms with Crippen LogP contribution in [-0.2, 0) is 4.79 Å². The van der Waals surface area contributed by atoms with Crippen LogP contribution in [0.3, 0.4) is 0 Å². The molecule has 0 spiro atoms. The molecule has 0 aliphatic heterocycles. The van der Waals surface area contributed by atoms with E-state index in [1.165, 1.54) is 11.1 Å². The first-order chi connectivity index (χ1) is 9.02. The molecule has 2 rings (SSSR count). The summed E-state index contributed by atoms with van der Waals surface area (Å²) >= 11 is 0. The minimum absolute atomic E-state index is 0.0531. The molecule has 0 heterocycles. The van der Waals surface area contributed by atoms with Crippen LogP contribution in [0, 0.1) is 37.0 Å². The zero-order chi connectivity index (χ0) is 14.0. The number of nitrogens with one attached hydrogen (secondary N) is 1. The van der Waals surface area contributed by atoms with Crippen LogP contribution in [0.4, 0.5) is 0 Å². The van der Waals surface area contributed by atoms with Crippen LogP contribution >= 0.6 is 0 Å². The van der Waals surface area contributed by atoms with E-state index in [9.17, 15) is 4.79 Å². The maximum Gasteiger partial charge on any atom is 0.238 e. The van der Waals surface area contributed by atoms with E-state index in [4.69, 9.17) is 5.26 Å². The van der Waals surface area contributed by atoms with E-state index in [0.717, 1.165) is 18.4 Å². The molecule has 1 N–H and O–H groups in total. The van der Waals surface area contributed by atoms with Crippen LogP contribution in [0.15, 0.2) is 18.2 Å². The third-order valence-electron chi connectivity index (χ3n) is 3.77. The molecule has 100 valence electrons. The summed E-state index contributed by atoms with van der Waals surface area (Å²) in [7, 11) is 0. The second-order valence-corrected chi connectivity index (χ2v) is 5.53. The van der Waals surface area contributed by atoms with Crippen LogP contribution in [0.2, 0.25) is 0 Å². The van der Waals surface area contributed by atoms with Gasteiger partial charge in [-0.15, -0.1) is 0 Å². The van der Waals surface area contributed by atoms with E-state index in [-0.39, 0.29) is 17.9 Å². The highest BCUT2D eigenvalue weighted by atomic mass is 16.1. The molecule has 1 amide bonds. The highest BCUT2D eigenvalue weighted by Crippen LogP contribution is 2.36. The van der Waals surface area contributed by atoms with Gasteiger partial charge in [0.2, 0.25) is 5.91 Å². The molecule has 0 bridgehead atoms. The lowest BCUT2D eigenvalue weighted by Gasteiger charge is -2.18. The van der Waals surface area contributed by atoms with Crippen LogP contribution in [-0.4, -0.2) is 5.91 Å². The van der Waals surface area contributed by atoms with Crippen molar-refractivity contribution in [3.63, 3.8) is 0 Å². The van der Waals surface area contributed by atoms with Crippen molar-refractivity contribution in [3.05, 3.63) is 34.9 Å². The summed E-state index contributed by atoms with van der Waals surface area (Å²) in [5.41, 5.74) is 3.51. The second kappa shape index (κ2) is 5.44. The molecule has 1 aliphatic rings. The minimum atomic E-state index is -0.479. The first-order valence-electron chi connectivity index (χ1n) is 6.80. The Bertz CT molecular complexity index is 526. The third kappa shape index (κ3) is 3.14. The van der Waals surface area contributed by atoms with Gasteiger partial charge in [0.05, 0.1) is 12.1 Å². The van der Waals surface area contributed by atoms with Crippen LogP contribution in [0.25, 0.3) is 0 Å². The predicted molar refractivity (Wildman–Crippen MR) is 74.3 cm³/mol. The Morgan fingerprint density at radius 2 is 2.11 bits per heavy atom. The quantitative estimate of drug-likeness (QED) is 0.900. The number of benzene rings is 1. The number of amides is 1. The molecule has 2 atom stereocenters. The Morgan fingerprint density at radius 1 is 1.42 bits per heavy atom. The number of hydrogen-bond acceptors (Lipinski definition) is 2. The van der Waals surface area contributed by atoms with Gasteiger partial charge in [-0.05, 0) is 50.7 Å². The summed E-state index contributed by atoms with van der Waals surface area (Å²) in [4.78, 5) is 12.1. The largest absolute Gasteiger partial charge is 0.348 e. The Hall–Kier alpha value is -1.82. The molecule has 0 radical (unpaired) electrons. The number of rotatable bonds is 4. The van der Waals surface area contributed by atoms with E-state index in [2.05, 4.69) is 24.4 Å². The van der Waals surface area contributed by atoms with Gasteiger partial charge in [0.1, 0.15) is 5.92 Å². The van der Waals surface area contributed by atoms with E-state index >= 15 is 0 Å². The maximum atomic E-state index is 12.1. The topological polar surface area (TPSA) is 52.9 Å². The molecular formula is C16H20N2O. The van der Waals surface area contributed by atoms with Gasteiger partial charge in [-0.25, -0.2) is 0 Å². The summed E-state index contributed by atoms with van der Waals surface area (Å²) in [6.45, 7) is 6.07. The predicted octanol–water partition coefficient (Wildman–Crippen LogP) is 3.03. The van der Waals surface area contributed by atoms with Gasteiger partial charge in [-0.2, -0.15) is 5.26 Å². The first-order valence-corrected chi connectivity index (χ1v) is 6.80. The van der Waals surface area contributed by atoms with E-state index in [1.807, 2.05) is 26.0 Å². The van der Waals surface area contributed by atoms with Gasteiger partial charge >= 0.3 is 0 Å². The highest BCUT2D eigenvalue weighted by Gasteiger charge is 2.36. The third-order valence-corrected chi connectivity index (χ3v) is 3.77. The van der Waals surface area contributed by atoms with Crippen molar-refractivity contribution in [2.45, 2.75) is 39.7 Å². The fourth-order valence-electron chi connectivity index (χ4n) is 2.50. The molecule has 3 heteroatoms. The molecule has 3 nitrogen and oxygen atoms in total. The molecule has 0 aromatic heterocycles. The maximum absolute atomic E-state index is 12.1. The van der Waals surface area contributed by atoms with Gasteiger partial charge in [-0.3, -0.25) is 4.79 Å². The molecule has 2 unspecified atom stereocenters. The fraction of sp³-hybridized carbons (Fsp3) is 0.500. The summed E-state index contributed by atoms with van der Waals surface area (Å²) in [6.07, 6.45) is 2.01. The van der Waals surface area contributed by atoms with Crippen molar-refractivity contribution in [1.29, 1.82) is 5.26 Å². The fourth-order valence-corrected chi connectivity index (χ4v) is 2.50. The summed E-state index contributed by atoms with van der Waals surface area (Å²) in [5.74, 6) is -0.331. The Balaban J connectivity index is 2.06. The van der Waals surface area contributed by atoms with Crippen molar-refractivity contribution >= 4 is 5.91 Å². The molecule has 1 aliphatic carbocycles. The number of carbonyl (C=O) groups excluding carboxylic acids is 1. The van der Waals surface area contributed by atoms with Crippen molar-refractivity contribution in [3.8, 4) is 6.07 Å². The van der Waals surface area contributed by atoms with Gasteiger partial charge in [-0.1, -0.05) is 23.8 Å². The SMILES string of the molecule is Cc1ccc(C(C)NC(=O)C(C#N)C2CC2)c(C)c1. The lowest BCUT2D eigenvalue weighted by atomic mass is 9.99. The summed E-state index contributed by atoms with van der Waals surface area (Å²) in [6, 6.07) is 8.29. The second-order valence-electron chi connectivity index (χ2n) is 5.53. The van der Waals surface area contributed by atoms with Crippen LogP contribution < -0.4 is 5.32 Å². The van der Waals surface area contributed by atoms with Crippen LogP contribution in [0.5, 0.6) is 0 Å². The molecule has 1 aromatic carbocycles. The Labute approximate surface area is 114 Å². The zero-order valence-electron chi connectivity index (χ0n) is 11.7. The molecule has 19 heavy (non-hydrogen) atoms. The monoisotopic (exact) mass is 256 g/mol. The first kappa shape index (κ1) is 13.6. The van der Waals surface area contributed by atoms with Gasteiger partial charge < -0.3 is 5.32 Å². The molecule has 1 aromatic rings.